The van der Waals surface area contributed by atoms with Crippen LogP contribution < -0.4 is 21.3 Å². The number of hydrogen-bond donors (Lipinski definition) is 3. The lowest BCUT2D eigenvalue weighted by Gasteiger charge is -2.20. The SMILES string of the molecule is O=C(N[C@@H](COc1ccc2[nH]c(=O)[nH]c2c1)c1ccc(F)cc1)c1cccn(Cc2ccc(F)c(F)c2)c1=O. The number of aromatic nitrogens is 3. The van der Waals surface area contributed by atoms with Crippen LogP contribution in [-0.4, -0.2) is 27.0 Å². The Morgan fingerprint density at radius 2 is 1.67 bits per heavy atom. The molecule has 5 rings (SSSR count). The molecule has 3 N–H and O–H groups in total. The second kappa shape index (κ2) is 10.7. The van der Waals surface area contributed by atoms with Gasteiger partial charge in [-0.15, -0.1) is 0 Å². The fourth-order valence-electron chi connectivity index (χ4n) is 4.10. The number of hydrogen-bond acceptors (Lipinski definition) is 4. The van der Waals surface area contributed by atoms with E-state index in [9.17, 15) is 27.6 Å². The van der Waals surface area contributed by atoms with Gasteiger partial charge in [0.2, 0.25) is 0 Å². The van der Waals surface area contributed by atoms with Crippen LogP contribution in [0.3, 0.4) is 0 Å². The largest absolute Gasteiger partial charge is 0.491 e. The molecule has 1 amide bonds. The number of halogens is 3. The minimum Gasteiger partial charge on any atom is -0.491 e. The smallest absolute Gasteiger partial charge is 0.323 e. The maximum Gasteiger partial charge on any atom is 0.323 e. The molecule has 8 nitrogen and oxygen atoms in total. The molecular weight excluding hydrogens is 513 g/mol. The summed E-state index contributed by atoms with van der Waals surface area (Å²) in [5.41, 5.74) is 0.812. The van der Waals surface area contributed by atoms with E-state index in [0.29, 0.717) is 27.9 Å². The highest BCUT2D eigenvalue weighted by atomic mass is 19.2. The third-order valence-electron chi connectivity index (χ3n) is 6.08. The number of carbonyl (C=O) groups excluding carboxylic acids is 1. The summed E-state index contributed by atoms with van der Waals surface area (Å²) in [6, 6.07) is 15.7. The number of nitrogens with zero attached hydrogens (tertiary/aromatic N) is 1. The lowest BCUT2D eigenvalue weighted by atomic mass is 10.1. The number of fused-ring (bicyclic) bond motifs is 1. The molecule has 1 atom stereocenters. The fraction of sp³-hybridized carbons (Fsp3) is 0.107. The van der Waals surface area contributed by atoms with Crippen LogP contribution >= 0.6 is 0 Å². The number of amides is 1. The molecule has 0 unspecified atom stereocenters. The molecule has 0 aliphatic carbocycles. The summed E-state index contributed by atoms with van der Waals surface area (Å²) in [4.78, 5) is 43.0. The van der Waals surface area contributed by atoms with Gasteiger partial charge < -0.3 is 24.6 Å². The van der Waals surface area contributed by atoms with E-state index < -0.39 is 35.0 Å². The molecule has 2 heterocycles. The van der Waals surface area contributed by atoms with E-state index in [2.05, 4.69) is 15.3 Å². The summed E-state index contributed by atoms with van der Waals surface area (Å²) in [5, 5.41) is 2.76. The van der Waals surface area contributed by atoms with Gasteiger partial charge in [0.05, 0.1) is 23.6 Å². The standard InChI is InChI=1S/C28H21F3N4O4/c29-18-6-4-17(5-7-18)25(15-39-19-8-10-23-24(13-19)34-28(38)33-23)32-26(36)20-2-1-11-35(27(20)37)14-16-3-9-21(30)22(31)12-16/h1-13,25H,14-15H2,(H,32,36)(H2,33,34,38)/t25-/m0/s1. The lowest BCUT2D eigenvalue weighted by molar-refractivity contribution is 0.0919. The van der Waals surface area contributed by atoms with Crippen LogP contribution in [0.1, 0.15) is 27.5 Å². The summed E-state index contributed by atoms with van der Waals surface area (Å²) >= 11 is 0. The van der Waals surface area contributed by atoms with Crippen molar-refractivity contribution in [3.05, 3.63) is 134 Å². The van der Waals surface area contributed by atoms with Gasteiger partial charge in [0.25, 0.3) is 11.5 Å². The van der Waals surface area contributed by atoms with E-state index in [1.807, 2.05) is 0 Å². The number of nitrogens with one attached hydrogen (secondary N) is 3. The number of carbonyl (C=O) groups is 1. The van der Waals surface area contributed by atoms with Gasteiger partial charge in [-0.1, -0.05) is 18.2 Å². The van der Waals surface area contributed by atoms with Gasteiger partial charge in [-0.05, 0) is 59.7 Å². The van der Waals surface area contributed by atoms with Gasteiger partial charge in [-0.2, -0.15) is 0 Å². The number of aromatic amines is 2. The van der Waals surface area contributed by atoms with E-state index in [1.54, 1.807) is 18.2 Å². The summed E-state index contributed by atoms with van der Waals surface area (Å²) in [6.07, 6.45) is 1.43. The number of pyridine rings is 1. The topological polar surface area (TPSA) is 109 Å². The van der Waals surface area contributed by atoms with Crippen molar-refractivity contribution in [2.24, 2.45) is 0 Å². The van der Waals surface area contributed by atoms with Gasteiger partial charge in [0.15, 0.2) is 11.6 Å². The maximum atomic E-state index is 13.6. The summed E-state index contributed by atoms with van der Waals surface area (Å²) in [5.74, 6) is -2.81. The summed E-state index contributed by atoms with van der Waals surface area (Å²) < 4.78 is 47.5. The first kappa shape index (κ1) is 25.6. The third kappa shape index (κ3) is 5.77. The van der Waals surface area contributed by atoms with E-state index in [-0.39, 0.29) is 24.4 Å². The first-order valence-corrected chi connectivity index (χ1v) is 11.8. The van der Waals surface area contributed by atoms with Crippen LogP contribution in [0.15, 0.2) is 88.6 Å². The lowest BCUT2D eigenvalue weighted by Crippen LogP contribution is -2.37. The van der Waals surface area contributed by atoms with Gasteiger partial charge in [-0.25, -0.2) is 18.0 Å². The molecule has 0 fully saturated rings. The van der Waals surface area contributed by atoms with Crippen LogP contribution in [0.2, 0.25) is 0 Å². The Balaban J connectivity index is 1.37. The minimum absolute atomic E-state index is 0.0760. The van der Waals surface area contributed by atoms with Gasteiger partial charge in [0.1, 0.15) is 23.7 Å². The molecule has 0 saturated carbocycles. The van der Waals surface area contributed by atoms with Crippen LogP contribution in [-0.2, 0) is 6.54 Å². The first-order valence-electron chi connectivity index (χ1n) is 11.8. The van der Waals surface area contributed by atoms with Gasteiger partial charge in [-0.3, -0.25) is 9.59 Å². The number of H-pyrrole nitrogens is 2. The first-order chi connectivity index (χ1) is 18.8. The molecule has 0 radical (unpaired) electrons. The number of imidazole rings is 1. The molecule has 5 aromatic rings. The van der Waals surface area contributed by atoms with E-state index in [1.165, 1.54) is 53.2 Å². The van der Waals surface area contributed by atoms with Crippen LogP contribution in [0.4, 0.5) is 13.2 Å². The highest BCUT2D eigenvalue weighted by Gasteiger charge is 2.20. The number of benzene rings is 3. The Kier molecular flexibility index (Phi) is 7.04. The minimum atomic E-state index is -1.04. The Morgan fingerprint density at radius 1 is 0.897 bits per heavy atom. The fourth-order valence-corrected chi connectivity index (χ4v) is 4.10. The zero-order chi connectivity index (χ0) is 27.5. The predicted molar refractivity (Wildman–Crippen MR) is 137 cm³/mol. The van der Waals surface area contributed by atoms with Crippen molar-refractivity contribution >= 4 is 16.9 Å². The van der Waals surface area contributed by atoms with Crippen molar-refractivity contribution in [3.8, 4) is 5.75 Å². The van der Waals surface area contributed by atoms with Crippen molar-refractivity contribution in [2.75, 3.05) is 6.61 Å². The molecule has 3 aromatic carbocycles. The van der Waals surface area contributed by atoms with Crippen molar-refractivity contribution in [3.63, 3.8) is 0 Å². The zero-order valence-corrected chi connectivity index (χ0v) is 20.2. The quantitative estimate of drug-likeness (QED) is 0.279. The average Bonchev–Trinajstić information content (AvgIpc) is 3.29. The van der Waals surface area contributed by atoms with Crippen molar-refractivity contribution in [1.82, 2.24) is 19.9 Å². The van der Waals surface area contributed by atoms with E-state index in [0.717, 1.165) is 12.1 Å². The molecular formula is C28H21F3N4O4. The summed E-state index contributed by atoms with van der Waals surface area (Å²) in [6.45, 7) is -0.154. The monoisotopic (exact) mass is 534 g/mol. The van der Waals surface area contributed by atoms with Crippen LogP contribution in [0, 0.1) is 17.5 Å². The molecule has 198 valence electrons. The molecule has 0 bridgehead atoms. The zero-order valence-electron chi connectivity index (χ0n) is 20.2. The third-order valence-corrected chi connectivity index (χ3v) is 6.08. The maximum absolute atomic E-state index is 13.6. The van der Waals surface area contributed by atoms with Gasteiger partial charge in [0, 0.05) is 12.3 Å². The number of rotatable bonds is 8. The van der Waals surface area contributed by atoms with Crippen molar-refractivity contribution in [1.29, 1.82) is 0 Å². The highest BCUT2D eigenvalue weighted by molar-refractivity contribution is 5.94. The predicted octanol–water partition coefficient (Wildman–Crippen LogP) is 4.03. The van der Waals surface area contributed by atoms with Crippen molar-refractivity contribution < 1.29 is 22.7 Å². The molecule has 11 heteroatoms. The van der Waals surface area contributed by atoms with Gasteiger partial charge >= 0.3 is 5.69 Å². The summed E-state index contributed by atoms with van der Waals surface area (Å²) in [7, 11) is 0. The molecule has 0 aliphatic rings. The second-order valence-corrected chi connectivity index (χ2v) is 8.78. The van der Waals surface area contributed by atoms with E-state index >= 15 is 0 Å². The average molecular weight is 534 g/mol. The van der Waals surface area contributed by atoms with Crippen LogP contribution in [0.25, 0.3) is 11.0 Å². The Hall–Kier alpha value is -5.06. The molecule has 39 heavy (non-hydrogen) atoms. The Morgan fingerprint density at radius 3 is 2.44 bits per heavy atom. The molecule has 0 saturated heterocycles. The molecule has 2 aromatic heterocycles. The van der Waals surface area contributed by atoms with Crippen molar-refractivity contribution in [2.45, 2.75) is 12.6 Å². The Labute approximate surface area is 218 Å². The normalized spacial score (nSPS) is 11.9. The van der Waals surface area contributed by atoms with Crippen LogP contribution in [0.5, 0.6) is 5.75 Å². The second-order valence-electron chi connectivity index (χ2n) is 8.78. The number of ether oxygens (including phenoxy) is 1. The van der Waals surface area contributed by atoms with E-state index in [4.69, 9.17) is 4.74 Å². The molecule has 0 aliphatic heterocycles. The Bertz CT molecular complexity index is 1780. The molecule has 0 spiro atoms. The highest BCUT2D eigenvalue weighted by Crippen LogP contribution is 2.20.